The van der Waals surface area contributed by atoms with Gasteiger partial charge in [-0.25, -0.2) is 0 Å². The maximum atomic E-state index is 12.2. The van der Waals surface area contributed by atoms with E-state index in [2.05, 4.69) is 23.0 Å². The van der Waals surface area contributed by atoms with E-state index >= 15 is 0 Å². The summed E-state index contributed by atoms with van der Waals surface area (Å²) in [7, 11) is 0. The van der Waals surface area contributed by atoms with Crippen molar-refractivity contribution in [2.45, 2.75) is 30.6 Å². The van der Waals surface area contributed by atoms with Crippen molar-refractivity contribution in [1.82, 2.24) is 10.2 Å². The van der Waals surface area contributed by atoms with Crippen LogP contribution in [0, 0.1) is 0 Å². The zero-order valence-corrected chi connectivity index (χ0v) is 12.9. The standard InChI is InChI=1S/C14H20N2OS2/c1-18-14(4-5-14)10-15-8-13(17)16-6-2-12-11(9-16)3-7-19-12/h3,7,15H,2,4-6,8-10H2,1H3. The van der Waals surface area contributed by atoms with Gasteiger partial charge in [0.15, 0.2) is 0 Å². The van der Waals surface area contributed by atoms with Crippen LogP contribution in [-0.2, 0) is 17.8 Å². The van der Waals surface area contributed by atoms with Crippen LogP contribution in [0.2, 0.25) is 0 Å². The van der Waals surface area contributed by atoms with Crippen molar-refractivity contribution >= 4 is 29.0 Å². The van der Waals surface area contributed by atoms with E-state index in [9.17, 15) is 4.79 Å². The van der Waals surface area contributed by atoms with Crippen molar-refractivity contribution in [3.63, 3.8) is 0 Å². The molecule has 1 aliphatic carbocycles. The van der Waals surface area contributed by atoms with Gasteiger partial charge in [0.05, 0.1) is 6.54 Å². The maximum Gasteiger partial charge on any atom is 0.236 e. The van der Waals surface area contributed by atoms with Gasteiger partial charge in [-0.05, 0) is 42.5 Å². The summed E-state index contributed by atoms with van der Waals surface area (Å²) in [6.45, 7) is 3.13. The SMILES string of the molecule is CSC1(CNCC(=O)N2CCc3sccc3C2)CC1. The fourth-order valence-corrected chi connectivity index (χ4v) is 4.21. The predicted molar refractivity (Wildman–Crippen MR) is 81.8 cm³/mol. The number of fused-ring (bicyclic) bond motifs is 1. The highest BCUT2D eigenvalue weighted by atomic mass is 32.2. The zero-order chi connectivity index (χ0) is 13.3. The average molecular weight is 296 g/mol. The first-order chi connectivity index (χ1) is 9.22. The molecule has 0 radical (unpaired) electrons. The smallest absolute Gasteiger partial charge is 0.236 e. The average Bonchev–Trinajstić information content (AvgIpc) is 3.06. The molecule has 1 aromatic rings. The molecule has 1 fully saturated rings. The highest BCUT2D eigenvalue weighted by Crippen LogP contribution is 2.46. The minimum Gasteiger partial charge on any atom is -0.337 e. The molecule has 3 rings (SSSR count). The van der Waals surface area contributed by atoms with Crippen molar-refractivity contribution in [3.8, 4) is 0 Å². The van der Waals surface area contributed by atoms with Gasteiger partial charge in [-0.2, -0.15) is 11.8 Å². The molecule has 1 N–H and O–H groups in total. The topological polar surface area (TPSA) is 32.3 Å². The number of amides is 1. The Balaban J connectivity index is 1.46. The van der Waals surface area contributed by atoms with E-state index in [0.29, 0.717) is 11.3 Å². The Bertz CT molecular complexity index is 468. The number of nitrogens with zero attached hydrogens (tertiary/aromatic N) is 1. The minimum atomic E-state index is 0.244. The predicted octanol–water partition coefficient (Wildman–Crippen LogP) is 2.12. The molecule has 3 nitrogen and oxygen atoms in total. The summed E-state index contributed by atoms with van der Waals surface area (Å²) in [4.78, 5) is 15.6. The summed E-state index contributed by atoms with van der Waals surface area (Å²) in [5, 5.41) is 5.48. The van der Waals surface area contributed by atoms with Gasteiger partial charge in [-0.1, -0.05) is 0 Å². The lowest BCUT2D eigenvalue weighted by Gasteiger charge is -2.27. The van der Waals surface area contributed by atoms with Crippen LogP contribution in [-0.4, -0.2) is 41.4 Å². The lowest BCUT2D eigenvalue weighted by atomic mass is 10.1. The number of carbonyl (C=O) groups excluding carboxylic acids is 1. The molecule has 0 bridgehead atoms. The van der Waals surface area contributed by atoms with E-state index in [1.807, 2.05) is 28.0 Å². The monoisotopic (exact) mass is 296 g/mol. The molecule has 0 aromatic carbocycles. The molecular weight excluding hydrogens is 276 g/mol. The van der Waals surface area contributed by atoms with Gasteiger partial charge in [-0.3, -0.25) is 4.79 Å². The van der Waals surface area contributed by atoms with Gasteiger partial charge < -0.3 is 10.2 Å². The lowest BCUT2D eigenvalue weighted by Crippen LogP contribution is -2.42. The third kappa shape index (κ3) is 2.98. The highest BCUT2D eigenvalue weighted by Gasteiger charge is 2.41. The van der Waals surface area contributed by atoms with Crippen LogP contribution >= 0.6 is 23.1 Å². The normalized spacial score (nSPS) is 20.2. The molecular formula is C14H20N2OS2. The van der Waals surface area contributed by atoms with Crippen molar-refractivity contribution in [1.29, 1.82) is 0 Å². The first-order valence-electron chi connectivity index (χ1n) is 6.81. The molecule has 1 saturated carbocycles. The number of thioether (sulfide) groups is 1. The number of thiophene rings is 1. The van der Waals surface area contributed by atoms with Crippen LogP contribution in [0.15, 0.2) is 11.4 Å². The molecule has 0 spiro atoms. The van der Waals surface area contributed by atoms with Gasteiger partial charge in [-0.15, -0.1) is 11.3 Å². The first-order valence-corrected chi connectivity index (χ1v) is 8.92. The number of hydrogen-bond acceptors (Lipinski definition) is 4. The summed E-state index contributed by atoms with van der Waals surface area (Å²) in [5.74, 6) is 0.244. The van der Waals surface area contributed by atoms with E-state index in [1.54, 1.807) is 0 Å². The molecule has 5 heteroatoms. The van der Waals surface area contributed by atoms with Gasteiger partial charge in [0.25, 0.3) is 0 Å². The Labute approximate surface area is 122 Å². The summed E-state index contributed by atoms with van der Waals surface area (Å²) in [6.07, 6.45) is 5.77. The number of carbonyl (C=O) groups is 1. The molecule has 2 heterocycles. The Hall–Kier alpha value is -0.520. The van der Waals surface area contributed by atoms with E-state index in [0.717, 1.165) is 26.1 Å². The zero-order valence-electron chi connectivity index (χ0n) is 11.3. The molecule has 2 aliphatic rings. The summed E-state index contributed by atoms with van der Waals surface area (Å²) in [5.41, 5.74) is 1.34. The van der Waals surface area contributed by atoms with Gasteiger partial charge in [0, 0.05) is 29.3 Å². The van der Waals surface area contributed by atoms with E-state index < -0.39 is 0 Å². The number of hydrogen-bond donors (Lipinski definition) is 1. The second kappa shape index (κ2) is 5.46. The van der Waals surface area contributed by atoms with E-state index in [4.69, 9.17) is 0 Å². The largest absolute Gasteiger partial charge is 0.337 e. The summed E-state index contributed by atoms with van der Waals surface area (Å²) >= 11 is 3.75. The number of rotatable bonds is 5. The summed E-state index contributed by atoms with van der Waals surface area (Å²) in [6, 6.07) is 2.15. The van der Waals surface area contributed by atoms with Crippen molar-refractivity contribution in [2.75, 3.05) is 25.9 Å². The Morgan fingerprint density at radius 2 is 2.42 bits per heavy atom. The van der Waals surface area contributed by atoms with Crippen LogP contribution in [0.25, 0.3) is 0 Å². The molecule has 104 valence electrons. The third-order valence-corrected chi connectivity index (χ3v) is 6.57. The highest BCUT2D eigenvalue weighted by molar-refractivity contribution is 8.00. The van der Waals surface area contributed by atoms with Crippen molar-refractivity contribution < 1.29 is 4.79 Å². The molecule has 1 aliphatic heterocycles. The molecule has 1 aromatic heterocycles. The molecule has 1 amide bonds. The van der Waals surface area contributed by atoms with Gasteiger partial charge in [0.1, 0.15) is 0 Å². The van der Waals surface area contributed by atoms with E-state index in [-0.39, 0.29) is 5.91 Å². The summed E-state index contributed by atoms with van der Waals surface area (Å²) < 4.78 is 0.433. The lowest BCUT2D eigenvalue weighted by molar-refractivity contribution is -0.131. The molecule has 0 atom stereocenters. The van der Waals surface area contributed by atoms with Crippen molar-refractivity contribution in [2.24, 2.45) is 0 Å². The maximum absolute atomic E-state index is 12.2. The first kappa shape index (κ1) is 13.5. The van der Waals surface area contributed by atoms with Crippen LogP contribution in [0.1, 0.15) is 23.3 Å². The Kier molecular flexibility index (Phi) is 3.87. The van der Waals surface area contributed by atoms with Gasteiger partial charge in [0.2, 0.25) is 5.91 Å². The number of nitrogens with one attached hydrogen (secondary N) is 1. The second-order valence-corrected chi connectivity index (χ2v) is 7.70. The molecule has 19 heavy (non-hydrogen) atoms. The third-order valence-electron chi connectivity index (χ3n) is 4.12. The van der Waals surface area contributed by atoms with Crippen molar-refractivity contribution in [3.05, 3.63) is 21.9 Å². The fraction of sp³-hybridized carbons (Fsp3) is 0.643. The van der Waals surface area contributed by atoms with E-state index in [1.165, 1.54) is 23.3 Å². The fourth-order valence-electron chi connectivity index (χ4n) is 2.56. The van der Waals surface area contributed by atoms with Gasteiger partial charge >= 0.3 is 0 Å². The second-order valence-electron chi connectivity index (χ2n) is 5.42. The quantitative estimate of drug-likeness (QED) is 0.903. The molecule has 0 saturated heterocycles. The van der Waals surface area contributed by atoms with Crippen LogP contribution in [0.4, 0.5) is 0 Å². The Morgan fingerprint density at radius 1 is 1.58 bits per heavy atom. The Morgan fingerprint density at radius 3 is 3.16 bits per heavy atom. The minimum absolute atomic E-state index is 0.244. The molecule has 0 unspecified atom stereocenters. The van der Waals surface area contributed by atoms with Crippen LogP contribution in [0.3, 0.4) is 0 Å². The van der Waals surface area contributed by atoms with Crippen LogP contribution < -0.4 is 5.32 Å². The van der Waals surface area contributed by atoms with Crippen LogP contribution in [0.5, 0.6) is 0 Å².